The Morgan fingerprint density at radius 1 is 1.19 bits per heavy atom. The van der Waals surface area contributed by atoms with Gasteiger partial charge in [0.25, 0.3) is 0 Å². The minimum Gasteiger partial charge on any atom is -0.348 e. The molecule has 0 spiro atoms. The van der Waals surface area contributed by atoms with E-state index in [0.717, 1.165) is 19.4 Å². The topological polar surface area (TPSA) is 32.3 Å². The van der Waals surface area contributed by atoms with Crippen molar-refractivity contribution in [1.29, 1.82) is 0 Å². The number of rotatable bonds is 5. The molecule has 1 aliphatic heterocycles. The van der Waals surface area contributed by atoms with Crippen molar-refractivity contribution in [2.75, 3.05) is 13.1 Å². The predicted octanol–water partition coefficient (Wildman–Crippen LogP) is 4.92. The lowest BCUT2D eigenvalue weighted by atomic mass is 10.00. The van der Waals surface area contributed by atoms with Crippen molar-refractivity contribution in [3.05, 3.63) is 70.4 Å². The van der Waals surface area contributed by atoms with Crippen LogP contribution in [0.15, 0.2) is 60.0 Å². The molecular weight excluding hydrogens is 340 g/mol. The highest BCUT2D eigenvalue weighted by molar-refractivity contribution is 7.10. The monoisotopic (exact) mass is 364 g/mol. The number of nitrogens with one attached hydrogen (secondary N) is 1. The van der Waals surface area contributed by atoms with E-state index >= 15 is 0 Å². The Balaban J connectivity index is 1.44. The number of carbonyl (C=O) groups is 1. The molecule has 0 aliphatic carbocycles. The summed E-state index contributed by atoms with van der Waals surface area (Å²) in [6.45, 7) is 3.54. The van der Waals surface area contributed by atoms with Gasteiger partial charge in [-0.15, -0.1) is 11.3 Å². The zero-order valence-corrected chi connectivity index (χ0v) is 15.8. The van der Waals surface area contributed by atoms with Gasteiger partial charge < -0.3 is 5.32 Å². The van der Waals surface area contributed by atoms with E-state index in [4.69, 9.17) is 0 Å². The molecule has 1 saturated heterocycles. The fraction of sp³-hybridized carbons (Fsp3) is 0.318. The largest absolute Gasteiger partial charge is 0.348 e. The van der Waals surface area contributed by atoms with E-state index in [2.05, 4.69) is 71.1 Å². The number of fused-ring (bicyclic) bond motifs is 1. The van der Waals surface area contributed by atoms with Crippen LogP contribution in [0.2, 0.25) is 0 Å². The number of thiophene rings is 1. The summed E-state index contributed by atoms with van der Waals surface area (Å²) < 4.78 is 0. The summed E-state index contributed by atoms with van der Waals surface area (Å²) in [5, 5.41) is 7.74. The van der Waals surface area contributed by atoms with Crippen LogP contribution in [-0.2, 0) is 4.79 Å². The van der Waals surface area contributed by atoms with Crippen LogP contribution in [0, 0.1) is 0 Å². The van der Waals surface area contributed by atoms with Crippen molar-refractivity contribution in [2.24, 2.45) is 0 Å². The average molecular weight is 365 g/mol. The third-order valence-corrected chi connectivity index (χ3v) is 6.22. The standard InChI is InChI=1S/C22H24N2OS/c1-16(18-10-4-8-17-7-2-3-9-19(17)18)23-22(25)15-24-13-5-11-20(24)21-12-6-14-26-21/h2-4,6-10,12,14,16,20H,5,11,13,15H2,1H3,(H,23,25)/t16-,20+/m0/s1. The summed E-state index contributed by atoms with van der Waals surface area (Å²) in [4.78, 5) is 16.4. The summed E-state index contributed by atoms with van der Waals surface area (Å²) >= 11 is 1.79. The molecule has 3 nitrogen and oxygen atoms in total. The van der Waals surface area contributed by atoms with Crippen molar-refractivity contribution >= 4 is 28.0 Å². The molecule has 134 valence electrons. The van der Waals surface area contributed by atoms with E-state index < -0.39 is 0 Å². The molecule has 0 bridgehead atoms. The number of hydrogen-bond donors (Lipinski definition) is 1. The van der Waals surface area contributed by atoms with E-state index in [-0.39, 0.29) is 11.9 Å². The second kappa shape index (κ2) is 7.60. The summed E-state index contributed by atoms with van der Waals surface area (Å²) in [7, 11) is 0. The Labute approximate surface area is 158 Å². The number of benzene rings is 2. The molecule has 0 radical (unpaired) electrons. The highest BCUT2D eigenvalue weighted by Gasteiger charge is 2.28. The summed E-state index contributed by atoms with van der Waals surface area (Å²) in [6, 6.07) is 19.3. The van der Waals surface area contributed by atoms with E-state index in [0.29, 0.717) is 12.6 Å². The SMILES string of the molecule is C[C@H](NC(=O)CN1CCC[C@@H]1c1cccs1)c1cccc2ccccc12. The van der Waals surface area contributed by atoms with Crippen LogP contribution in [0.4, 0.5) is 0 Å². The molecule has 1 N–H and O–H groups in total. The number of likely N-dealkylation sites (tertiary alicyclic amines) is 1. The maximum absolute atomic E-state index is 12.7. The van der Waals surface area contributed by atoms with Gasteiger partial charge in [0.05, 0.1) is 12.6 Å². The van der Waals surface area contributed by atoms with Crippen LogP contribution in [0.5, 0.6) is 0 Å². The summed E-state index contributed by atoms with van der Waals surface area (Å²) in [5.41, 5.74) is 1.17. The van der Waals surface area contributed by atoms with Crippen LogP contribution in [-0.4, -0.2) is 23.9 Å². The van der Waals surface area contributed by atoms with Gasteiger partial charge in [-0.2, -0.15) is 0 Å². The van der Waals surface area contributed by atoms with Crippen LogP contribution in [0.1, 0.15) is 42.3 Å². The van der Waals surface area contributed by atoms with Crippen LogP contribution < -0.4 is 5.32 Å². The molecule has 1 aromatic heterocycles. The Hall–Kier alpha value is -2.17. The third-order valence-electron chi connectivity index (χ3n) is 5.25. The number of amides is 1. The van der Waals surface area contributed by atoms with Gasteiger partial charge >= 0.3 is 0 Å². The first-order valence-corrected chi connectivity index (χ1v) is 10.1. The van der Waals surface area contributed by atoms with Gasteiger partial charge in [-0.05, 0) is 54.1 Å². The molecule has 1 amide bonds. The quantitative estimate of drug-likeness (QED) is 0.697. The van der Waals surface area contributed by atoms with Gasteiger partial charge in [-0.25, -0.2) is 0 Å². The second-order valence-electron chi connectivity index (χ2n) is 7.00. The van der Waals surface area contributed by atoms with Gasteiger partial charge in [-0.3, -0.25) is 9.69 Å². The third kappa shape index (κ3) is 3.53. The Bertz CT molecular complexity index is 885. The Kier molecular flexibility index (Phi) is 5.05. The fourth-order valence-electron chi connectivity index (χ4n) is 4.00. The van der Waals surface area contributed by atoms with Crippen LogP contribution in [0.3, 0.4) is 0 Å². The number of hydrogen-bond acceptors (Lipinski definition) is 3. The minimum absolute atomic E-state index is 0.00334. The lowest BCUT2D eigenvalue weighted by Gasteiger charge is -2.24. The smallest absolute Gasteiger partial charge is 0.234 e. The second-order valence-corrected chi connectivity index (χ2v) is 7.98. The average Bonchev–Trinajstić information content (AvgIpc) is 3.32. The molecule has 4 heteroatoms. The minimum atomic E-state index is -0.00334. The molecule has 3 aromatic rings. The van der Waals surface area contributed by atoms with Crippen molar-refractivity contribution in [3.8, 4) is 0 Å². The van der Waals surface area contributed by atoms with E-state index in [1.54, 1.807) is 11.3 Å². The molecule has 4 rings (SSSR count). The molecule has 26 heavy (non-hydrogen) atoms. The van der Waals surface area contributed by atoms with Crippen LogP contribution >= 0.6 is 11.3 Å². The molecule has 2 heterocycles. The Morgan fingerprint density at radius 2 is 2.04 bits per heavy atom. The van der Waals surface area contributed by atoms with Gasteiger partial charge in [0.1, 0.15) is 0 Å². The fourth-order valence-corrected chi connectivity index (χ4v) is 4.89. The van der Waals surface area contributed by atoms with E-state index in [9.17, 15) is 4.79 Å². The zero-order chi connectivity index (χ0) is 17.9. The zero-order valence-electron chi connectivity index (χ0n) is 15.0. The first kappa shape index (κ1) is 17.3. The number of nitrogens with zero attached hydrogens (tertiary/aromatic N) is 1. The predicted molar refractivity (Wildman–Crippen MR) is 108 cm³/mol. The molecule has 0 unspecified atom stereocenters. The summed E-state index contributed by atoms with van der Waals surface area (Å²) in [5.74, 6) is 0.105. The lowest BCUT2D eigenvalue weighted by molar-refractivity contribution is -0.123. The highest BCUT2D eigenvalue weighted by Crippen LogP contribution is 2.34. The van der Waals surface area contributed by atoms with E-state index in [1.165, 1.54) is 21.2 Å². The van der Waals surface area contributed by atoms with Gasteiger partial charge in [0, 0.05) is 10.9 Å². The molecule has 1 fully saturated rings. The Morgan fingerprint density at radius 3 is 2.88 bits per heavy atom. The number of carbonyl (C=O) groups excluding carboxylic acids is 1. The van der Waals surface area contributed by atoms with Gasteiger partial charge in [0.2, 0.25) is 5.91 Å². The molecule has 0 saturated carbocycles. The van der Waals surface area contributed by atoms with Gasteiger partial charge in [0.15, 0.2) is 0 Å². The lowest BCUT2D eigenvalue weighted by Crippen LogP contribution is -2.37. The molecular formula is C22H24N2OS. The van der Waals surface area contributed by atoms with Gasteiger partial charge in [-0.1, -0.05) is 48.5 Å². The van der Waals surface area contributed by atoms with Crippen molar-refractivity contribution in [1.82, 2.24) is 10.2 Å². The van der Waals surface area contributed by atoms with Crippen LogP contribution in [0.25, 0.3) is 10.8 Å². The van der Waals surface area contributed by atoms with Crippen molar-refractivity contribution in [3.63, 3.8) is 0 Å². The molecule has 2 aromatic carbocycles. The first-order valence-electron chi connectivity index (χ1n) is 9.27. The summed E-state index contributed by atoms with van der Waals surface area (Å²) in [6.07, 6.45) is 2.31. The van der Waals surface area contributed by atoms with Crippen molar-refractivity contribution in [2.45, 2.75) is 31.8 Å². The normalized spacial score (nSPS) is 18.9. The maximum atomic E-state index is 12.7. The van der Waals surface area contributed by atoms with E-state index in [1.807, 2.05) is 6.07 Å². The maximum Gasteiger partial charge on any atom is 0.234 e. The first-order chi connectivity index (χ1) is 12.7. The highest BCUT2D eigenvalue weighted by atomic mass is 32.1. The molecule has 1 aliphatic rings. The molecule has 2 atom stereocenters. The van der Waals surface area contributed by atoms with Crippen molar-refractivity contribution < 1.29 is 4.79 Å².